The first kappa shape index (κ1) is 19.4. The van der Waals surface area contributed by atoms with Crippen LogP contribution in [0.4, 0.5) is 5.82 Å². The zero-order valence-electron chi connectivity index (χ0n) is 15.5. The minimum atomic E-state index is -0.482. The van der Waals surface area contributed by atoms with Crippen molar-refractivity contribution in [1.29, 1.82) is 0 Å². The summed E-state index contributed by atoms with van der Waals surface area (Å²) < 4.78 is 6.51. The monoisotopic (exact) mass is 404 g/mol. The highest BCUT2D eigenvalue weighted by molar-refractivity contribution is 8.00. The predicted molar refractivity (Wildman–Crippen MR) is 109 cm³/mol. The third-order valence-electron chi connectivity index (χ3n) is 4.10. The van der Waals surface area contributed by atoms with Crippen LogP contribution in [0, 0.1) is 20.8 Å². The van der Waals surface area contributed by atoms with Crippen LogP contribution in [0.25, 0.3) is 10.2 Å². The standard InChI is InChI=1S/C18H20N4O3S2/c1-6-7-22-17(24)14-10(3)11(4)26-16(14)20-18(22)27-12(5)15(23)19-13-8-9(2)25-21-13/h6,8,12H,1,7H2,2-5H3,(H,19,21,23). The molecule has 3 heterocycles. The molecule has 9 heteroatoms. The fourth-order valence-corrected chi connectivity index (χ4v) is 4.54. The Morgan fingerprint density at radius 1 is 1.48 bits per heavy atom. The average Bonchev–Trinajstić information content (AvgIpc) is 3.14. The van der Waals surface area contributed by atoms with Gasteiger partial charge in [-0.3, -0.25) is 14.2 Å². The number of aromatic nitrogens is 3. The maximum absolute atomic E-state index is 13.0. The molecule has 142 valence electrons. The van der Waals surface area contributed by atoms with Gasteiger partial charge < -0.3 is 9.84 Å². The van der Waals surface area contributed by atoms with Gasteiger partial charge in [-0.1, -0.05) is 23.0 Å². The zero-order chi connectivity index (χ0) is 19.7. The van der Waals surface area contributed by atoms with Gasteiger partial charge in [-0.2, -0.15) is 0 Å². The molecule has 0 radical (unpaired) electrons. The first-order chi connectivity index (χ1) is 12.8. The van der Waals surface area contributed by atoms with E-state index in [0.717, 1.165) is 10.4 Å². The Hall–Kier alpha value is -2.39. The van der Waals surface area contributed by atoms with E-state index in [0.29, 0.717) is 33.5 Å². The number of hydrogen-bond acceptors (Lipinski definition) is 7. The van der Waals surface area contributed by atoms with Crippen molar-refractivity contribution < 1.29 is 9.32 Å². The van der Waals surface area contributed by atoms with Crippen molar-refractivity contribution in [3.8, 4) is 0 Å². The molecule has 3 rings (SSSR count). The molecule has 0 spiro atoms. The molecule has 3 aromatic rings. The molecule has 7 nitrogen and oxygen atoms in total. The molecule has 1 N–H and O–H groups in total. The normalized spacial score (nSPS) is 12.3. The summed E-state index contributed by atoms with van der Waals surface area (Å²) in [5, 5.41) is 7.11. The highest BCUT2D eigenvalue weighted by Crippen LogP contribution is 2.30. The summed E-state index contributed by atoms with van der Waals surface area (Å²) in [4.78, 5) is 31.8. The molecule has 0 aliphatic rings. The lowest BCUT2D eigenvalue weighted by Gasteiger charge is -2.14. The number of rotatable bonds is 6. The van der Waals surface area contributed by atoms with E-state index in [1.165, 1.54) is 23.1 Å². The number of thioether (sulfide) groups is 1. The Kier molecular flexibility index (Phi) is 5.52. The lowest BCUT2D eigenvalue weighted by molar-refractivity contribution is -0.115. The number of carbonyl (C=O) groups is 1. The van der Waals surface area contributed by atoms with Crippen LogP contribution in [0.15, 0.2) is 33.2 Å². The van der Waals surface area contributed by atoms with Crippen molar-refractivity contribution in [2.24, 2.45) is 0 Å². The number of nitrogens with zero attached hydrogens (tertiary/aromatic N) is 3. The molecule has 27 heavy (non-hydrogen) atoms. The average molecular weight is 405 g/mol. The van der Waals surface area contributed by atoms with Crippen molar-refractivity contribution in [3.63, 3.8) is 0 Å². The van der Waals surface area contributed by atoms with Crippen molar-refractivity contribution in [2.75, 3.05) is 5.32 Å². The maximum atomic E-state index is 13.0. The van der Waals surface area contributed by atoms with E-state index < -0.39 is 5.25 Å². The second-order valence-electron chi connectivity index (χ2n) is 6.13. The predicted octanol–water partition coefficient (Wildman–Crippen LogP) is 3.68. The number of carbonyl (C=O) groups excluding carboxylic acids is 1. The SMILES string of the molecule is C=CCn1c(SC(C)C(=O)Nc2cc(C)on2)nc2sc(C)c(C)c2c1=O. The molecule has 0 aromatic carbocycles. The number of nitrogens with one attached hydrogen (secondary N) is 1. The van der Waals surface area contributed by atoms with Crippen LogP contribution >= 0.6 is 23.1 Å². The van der Waals surface area contributed by atoms with E-state index >= 15 is 0 Å². The van der Waals surface area contributed by atoms with E-state index in [1.54, 1.807) is 30.6 Å². The quantitative estimate of drug-likeness (QED) is 0.383. The summed E-state index contributed by atoms with van der Waals surface area (Å²) in [6.45, 7) is 11.5. The summed E-state index contributed by atoms with van der Waals surface area (Å²) in [5.74, 6) is 0.730. The van der Waals surface area contributed by atoms with Gasteiger partial charge in [-0.15, -0.1) is 17.9 Å². The largest absolute Gasteiger partial charge is 0.360 e. The van der Waals surface area contributed by atoms with E-state index in [1.807, 2.05) is 13.8 Å². The van der Waals surface area contributed by atoms with Gasteiger partial charge in [-0.25, -0.2) is 4.98 Å². The minimum absolute atomic E-state index is 0.107. The molecule has 1 amide bonds. The van der Waals surface area contributed by atoms with Gasteiger partial charge in [0.1, 0.15) is 10.6 Å². The number of hydrogen-bond donors (Lipinski definition) is 1. The lowest BCUT2D eigenvalue weighted by atomic mass is 10.2. The highest BCUT2D eigenvalue weighted by Gasteiger charge is 2.21. The third-order valence-corrected chi connectivity index (χ3v) is 6.29. The first-order valence-electron chi connectivity index (χ1n) is 8.34. The van der Waals surface area contributed by atoms with Crippen molar-refractivity contribution >= 4 is 45.0 Å². The second kappa shape index (κ2) is 7.69. The van der Waals surface area contributed by atoms with Crippen LogP contribution < -0.4 is 10.9 Å². The molecular weight excluding hydrogens is 384 g/mol. The lowest BCUT2D eigenvalue weighted by Crippen LogP contribution is -2.26. The Bertz CT molecular complexity index is 1080. The fourth-order valence-electron chi connectivity index (χ4n) is 2.55. The maximum Gasteiger partial charge on any atom is 0.263 e. The van der Waals surface area contributed by atoms with Crippen LogP contribution in [0.3, 0.4) is 0 Å². The summed E-state index contributed by atoms with van der Waals surface area (Å²) in [6.07, 6.45) is 1.65. The first-order valence-corrected chi connectivity index (χ1v) is 10.0. The van der Waals surface area contributed by atoms with E-state index in [-0.39, 0.29) is 11.5 Å². The number of fused-ring (bicyclic) bond motifs is 1. The molecule has 0 aliphatic heterocycles. The van der Waals surface area contributed by atoms with Gasteiger partial charge in [0.15, 0.2) is 11.0 Å². The molecule has 1 unspecified atom stereocenters. The Morgan fingerprint density at radius 3 is 2.85 bits per heavy atom. The molecule has 0 fully saturated rings. The molecule has 0 bridgehead atoms. The molecule has 0 saturated heterocycles. The molecule has 3 aromatic heterocycles. The number of allylic oxidation sites excluding steroid dienone is 1. The van der Waals surface area contributed by atoms with Gasteiger partial charge in [0.25, 0.3) is 5.56 Å². The molecule has 0 aliphatic carbocycles. The molecular formula is C18H20N4O3S2. The number of amides is 1. The van der Waals surface area contributed by atoms with Crippen molar-refractivity contribution in [2.45, 2.75) is 44.6 Å². The van der Waals surface area contributed by atoms with E-state index in [2.05, 4.69) is 22.0 Å². The smallest absolute Gasteiger partial charge is 0.263 e. The van der Waals surface area contributed by atoms with Crippen molar-refractivity contribution in [1.82, 2.24) is 14.7 Å². The Labute approximate surface area is 164 Å². The zero-order valence-corrected chi connectivity index (χ0v) is 17.2. The van der Waals surface area contributed by atoms with Gasteiger partial charge in [0.05, 0.1) is 10.6 Å². The minimum Gasteiger partial charge on any atom is -0.360 e. The van der Waals surface area contributed by atoms with Gasteiger partial charge in [0, 0.05) is 17.5 Å². The summed E-state index contributed by atoms with van der Waals surface area (Å²) >= 11 is 2.72. The van der Waals surface area contributed by atoms with Gasteiger partial charge >= 0.3 is 0 Å². The molecule has 1 atom stereocenters. The Morgan fingerprint density at radius 2 is 2.22 bits per heavy atom. The summed E-state index contributed by atoms with van der Waals surface area (Å²) in [6, 6.07) is 1.64. The molecule has 0 saturated carbocycles. The second-order valence-corrected chi connectivity index (χ2v) is 8.65. The third kappa shape index (κ3) is 3.84. The Balaban J connectivity index is 1.92. The summed E-state index contributed by atoms with van der Waals surface area (Å²) in [5.41, 5.74) is 0.845. The van der Waals surface area contributed by atoms with Crippen LogP contribution in [-0.2, 0) is 11.3 Å². The topological polar surface area (TPSA) is 90.0 Å². The van der Waals surface area contributed by atoms with Crippen LogP contribution in [-0.4, -0.2) is 25.9 Å². The van der Waals surface area contributed by atoms with Crippen LogP contribution in [0.1, 0.15) is 23.1 Å². The van der Waals surface area contributed by atoms with Gasteiger partial charge in [0.2, 0.25) is 5.91 Å². The highest BCUT2D eigenvalue weighted by atomic mass is 32.2. The fraction of sp³-hybridized carbons (Fsp3) is 0.333. The van der Waals surface area contributed by atoms with E-state index in [4.69, 9.17) is 4.52 Å². The number of thiophene rings is 1. The number of aryl methyl sites for hydroxylation is 3. The summed E-state index contributed by atoms with van der Waals surface area (Å²) in [7, 11) is 0. The van der Waals surface area contributed by atoms with E-state index in [9.17, 15) is 9.59 Å². The number of anilines is 1. The van der Waals surface area contributed by atoms with Crippen molar-refractivity contribution in [3.05, 3.63) is 45.3 Å². The van der Waals surface area contributed by atoms with Gasteiger partial charge in [-0.05, 0) is 33.3 Å². The van der Waals surface area contributed by atoms with Crippen LogP contribution in [0.2, 0.25) is 0 Å². The van der Waals surface area contributed by atoms with Crippen LogP contribution in [0.5, 0.6) is 0 Å².